The van der Waals surface area contributed by atoms with E-state index in [2.05, 4.69) is 5.10 Å². The maximum atomic E-state index is 8.87. The Hall–Kier alpha value is -0.845. The SMILES string of the molecule is OB(O)c1ccn([C@@H]2CCCCO2)n1. The monoisotopic (exact) mass is 196 g/mol. The summed E-state index contributed by atoms with van der Waals surface area (Å²) in [6.07, 6.45) is 4.82. The highest BCUT2D eigenvalue weighted by molar-refractivity contribution is 6.57. The molecule has 1 fully saturated rings. The molecule has 0 bridgehead atoms. The Morgan fingerprint density at radius 1 is 1.50 bits per heavy atom. The van der Waals surface area contributed by atoms with E-state index in [1.54, 1.807) is 16.9 Å². The molecule has 14 heavy (non-hydrogen) atoms. The lowest BCUT2D eigenvalue weighted by molar-refractivity contribution is -0.0392. The molecular formula is C8H13BN2O3. The second-order valence-corrected chi connectivity index (χ2v) is 3.42. The summed E-state index contributed by atoms with van der Waals surface area (Å²) in [6.45, 7) is 0.752. The lowest BCUT2D eigenvalue weighted by Crippen LogP contribution is -2.32. The van der Waals surface area contributed by atoms with Crippen molar-refractivity contribution in [1.82, 2.24) is 9.78 Å². The van der Waals surface area contributed by atoms with Gasteiger partial charge < -0.3 is 14.8 Å². The Morgan fingerprint density at radius 2 is 2.36 bits per heavy atom. The van der Waals surface area contributed by atoms with Gasteiger partial charge in [-0.1, -0.05) is 0 Å². The molecule has 0 radical (unpaired) electrons. The van der Waals surface area contributed by atoms with Crippen molar-refractivity contribution < 1.29 is 14.8 Å². The van der Waals surface area contributed by atoms with Crippen molar-refractivity contribution in [2.24, 2.45) is 0 Å². The summed E-state index contributed by atoms with van der Waals surface area (Å²) in [5.74, 6) is 0. The molecule has 1 aromatic heterocycles. The van der Waals surface area contributed by atoms with Gasteiger partial charge in [-0.15, -0.1) is 0 Å². The van der Waals surface area contributed by atoms with Crippen molar-refractivity contribution in [1.29, 1.82) is 0 Å². The smallest absolute Gasteiger partial charge is 0.422 e. The highest BCUT2D eigenvalue weighted by atomic mass is 16.5. The van der Waals surface area contributed by atoms with Gasteiger partial charge >= 0.3 is 7.12 Å². The molecule has 1 atom stereocenters. The maximum absolute atomic E-state index is 8.87. The van der Waals surface area contributed by atoms with Crippen LogP contribution in [0.3, 0.4) is 0 Å². The van der Waals surface area contributed by atoms with E-state index >= 15 is 0 Å². The van der Waals surface area contributed by atoms with Gasteiger partial charge in [-0.05, 0) is 25.3 Å². The number of ether oxygens (including phenoxy) is 1. The Bertz CT molecular complexity index is 297. The Kier molecular flexibility index (Phi) is 2.86. The fraction of sp³-hybridized carbons (Fsp3) is 0.625. The van der Waals surface area contributed by atoms with Gasteiger partial charge in [-0.2, -0.15) is 5.10 Å². The molecule has 0 amide bonds. The van der Waals surface area contributed by atoms with Gasteiger partial charge in [0.1, 0.15) is 6.23 Å². The van der Waals surface area contributed by atoms with E-state index in [-0.39, 0.29) is 11.8 Å². The summed E-state index contributed by atoms with van der Waals surface area (Å²) in [6, 6.07) is 1.59. The minimum Gasteiger partial charge on any atom is -0.422 e. The first kappa shape index (κ1) is 9.70. The van der Waals surface area contributed by atoms with Gasteiger partial charge in [0.25, 0.3) is 0 Å². The van der Waals surface area contributed by atoms with Crippen LogP contribution < -0.4 is 5.59 Å². The zero-order chi connectivity index (χ0) is 9.97. The third-order valence-electron chi connectivity index (χ3n) is 2.34. The molecule has 1 saturated heterocycles. The van der Waals surface area contributed by atoms with Gasteiger partial charge in [-0.25, -0.2) is 4.68 Å². The molecule has 1 aliphatic heterocycles. The molecule has 0 aliphatic carbocycles. The summed E-state index contributed by atoms with van der Waals surface area (Å²) >= 11 is 0. The van der Waals surface area contributed by atoms with Crippen LogP contribution >= 0.6 is 0 Å². The molecule has 2 heterocycles. The maximum Gasteiger partial charge on any atom is 0.510 e. The van der Waals surface area contributed by atoms with E-state index in [1.165, 1.54) is 0 Å². The average molecular weight is 196 g/mol. The second kappa shape index (κ2) is 4.12. The van der Waals surface area contributed by atoms with Crippen LogP contribution in [0.5, 0.6) is 0 Å². The third kappa shape index (κ3) is 1.97. The molecular weight excluding hydrogens is 183 g/mol. The Labute approximate surface area is 82.5 Å². The molecule has 0 unspecified atom stereocenters. The quantitative estimate of drug-likeness (QED) is 0.611. The van der Waals surface area contributed by atoms with Gasteiger partial charge in [0.2, 0.25) is 0 Å². The number of nitrogens with zero attached hydrogens (tertiary/aromatic N) is 2. The fourth-order valence-electron chi connectivity index (χ4n) is 1.58. The van der Waals surface area contributed by atoms with Crippen molar-refractivity contribution in [3.05, 3.63) is 12.3 Å². The Balaban J connectivity index is 2.07. The normalized spacial score (nSPS) is 22.3. The zero-order valence-corrected chi connectivity index (χ0v) is 7.83. The predicted octanol–water partition coefficient (Wildman–Crippen LogP) is -0.738. The van der Waals surface area contributed by atoms with Gasteiger partial charge in [-0.3, -0.25) is 0 Å². The second-order valence-electron chi connectivity index (χ2n) is 3.42. The Morgan fingerprint density at radius 3 is 2.93 bits per heavy atom. The molecule has 0 aromatic carbocycles. The molecule has 0 spiro atoms. The standard InChI is InChI=1S/C8H13BN2O3/c12-9(13)7-4-5-11(10-7)8-3-1-2-6-14-8/h4-5,8,12-13H,1-3,6H2/t8-/m0/s1. The van der Waals surface area contributed by atoms with E-state index in [4.69, 9.17) is 14.8 Å². The molecule has 2 rings (SSSR count). The molecule has 76 valence electrons. The number of rotatable bonds is 2. The lowest BCUT2D eigenvalue weighted by Gasteiger charge is -2.22. The molecule has 0 saturated carbocycles. The van der Waals surface area contributed by atoms with Crippen LogP contribution in [0.2, 0.25) is 0 Å². The molecule has 6 heteroatoms. The van der Waals surface area contributed by atoms with Crippen LogP contribution in [0.15, 0.2) is 12.3 Å². The van der Waals surface area contributed by atoms with E-state index in [0.717, 1.165) is 25.9 Å². The highest BCUT2D eigenvalue weighted by Crippen LogP contribution is 2.20. The van der Waals surface area contributed by atoms with Crippen LogP contribution in [0.4, 0.5) is 0 Å². The summed E-state index contributed by atoms with van der Waals surface area (Å²) in [5, 5.41) is 21.8. The number of hydrogen-bond acceptors (Lipinski definition) is 4. The van der Waals surface area contributed by atoms with E-state index in [9.17, 15) is 0 Å². The molecule has 5 nitrogen and oxygen atoms in total. The van der Waals surface area contributed by atoms with Crippen molar-refractivity contribution in [2.75, 3.05) is 6.61 Å². The first-order valence-corrected chi connectivity index (χ1v) is 4.80. The first-order valence-electron chi connectivity index (χ1n) is 4.80. The van der Waals surface area contributed by atoms with E-state index in [1.807, 2.05) is 0 Å². The van der Waals surface area contributed by atoms with Crippen LogP contribution in [0.25, 0.3) is 0 Å². The van der Waals surface area contributed by atoms with Gasteiger partial charge in [0.15, 0.2) is 0 Å². The summed E-state index contributed by atoms with van der Waals surface area (Å²) < 4.78 is 7.14. The lowest BCUT2D eigenvalue weighted by atomic mass is 9.87. The van der Waals surface area contributed by atoms with Crippen molar-refractivity contribution in [2.45, 2.75) is 25.5 Å². The van der Waals surface area contributed by atoms with Crippen molar-refractivity contribution in [3.63, 3.8) is 0 Å². The molecule has 1 aliphatic rings. The summed E-state index contributed by atoms with van der Waals surface area (Å²) in [4.78, 5) is 0. The predicted molar refractivity (Wildman–Crippen MR) is 50.9 cm³/mol. The summed E-state index contributed by atoms with van der Waals surface area (Å²) in [5.41, 5.74) is 0.263. The third-order valence-corrected chi connectivity index (χ3v) is 2.34. The van der Waals surface area contributed by atoms with Crippen LogP contribution in [-0.4, -0.2) is 33.6 Å². The zero-order valence-electron chi connectivity index (χ0n) is 7.83. The van der Waals surface area contributed by atoms with E-state index < -0.39 is 7.12 Å². The van der Waals surface area contributed by atoms with Crippen molar-refractivity contribution in [3.8, 4) is 0 Å². The van der Waals surface area contributed by atoms with Crippen LogP contribution in [-0.2, 0) is 4.74 Å². The van der Waals surface area contributed by atoms with Gasteiger partial charge in [0, 0.05) is 12.8 Å². The summed E-state index contributed by atoms with van der Waals surface area (Å²) in [7, 11) is -1.50. The van der Waals surface area contributed by atoms with Gasteiger partial charge in [0.05, 0.1) is 5.59 Å². The number of aromatic nitrogens is 2. The average Bonchev–Trinajstić information content (AvgIpc) is 2.68. The highest BCUT2D eigenvalue weighted by Gasteiger charge is 2.19. The van der Waals surface area contributed by atoms with E-state index in [0.29, 0.717) is 0 Å². The number of hydrogen-bond donors (Lipinski definition) is 2. The molecule has 2 N–H and O–H groups in total. The molecule has 1 aromatic rings. The minimum atomic E-state index is -1.50. The van der Waals surface area contributed by atoms with Crippen molar-refractivity contribution >= 4 is 12.7 Å². The van der Waals surface area contributed by atoms with Crippen LogP contribution in [0.1, 0.15) is 25.5 Å². The minimum absolute atomic E-state index is 0.0451. The topological polar surface area (TPSA) is 67.5 Å². The largest absolute Gasteiger partial charge is 0.510 e. The fourth-order valence-corrected chi connectivity index (χ4v) is 1.58. The first-order chi connectivity index (χ1) is 6.77. The van der Waals surface area contributed by atoms with Crippen LogP contribution in [0, 0.1) is 0 Å².